The molecule has 0 radical (unpaired) electrons. The third kappa shape index (κ3) is 2.76. The molecule has 2 aliphatic heterocycles. The topological polar surface area (TPSA) is 30.9 Å². The van der Waals surface area contributed by atoms with Crippen LogP contribution in [0, 0.1) is 0 Å². The van der Waals surface area contributed by atoms with Gasteiger partial charge in [-0.15, -0.1) is 0 Å². The van der Waals surface area contributed by atoms with Crippen LogP contribution < -0.4 is 9.47 Å². The lowest BCUT2D eigenvalue weighted by molar-refractivity contribution is 0.107. The molecule has 1 aromatic carbocycles. The van der Waals surface area contributed by atoms with Crippen LogP contribution in [-0.2, 0) is 4.74 Å². The Morgan fingerprint density at radius 2 is 2.20 bits per heavy atom. The van der Waals surface area contributed by atoms with Crippen LogP contribution in [0.1, 0.15) is 31.4 Å². The lowest BCUT2D eigenvalue weighted by Crippen LogP contribution is -2.28. The molecule has 0 saturated carbocycles. The average molecular weight is 277 g/mol. The van der Waals surface area contributed by atoms with E-state index >= 15 is 0 Å². The van der Waals surface area contributed by atoms with Crippen LogP contribution in [-0.4, -0.2) is 44.4 Å². The SMILES string of the molecule is CCOCCN1CCC[C@@H]1c1cccc2c1OCCO2. The monoisotopic (exact) mass is 277 g/mol. The van der Waals surface area contributed by atoms with E-state index in [0.29, 0.717) is 19.3 Å². The Bertz CT molecular complexity index is 449. The zero-order valence-electron chi connectivity index (χ0n) is 12.1. The van der Waals surface area contributed by atoms with Crippen molar-refractivity contribution in [2.75, 3.05) is 39.5 Å². The van der Waals surface area contributed by atoms with Gasteiger partial charge in [0.25, 0.3) is 0 Å². The minimum atomic E-state index is 0.437. The van der Waals surface area contributed by atoms with Gasteiger partial charge in [0.15, 0.2) is 11.5 Å². The van der Waals surface area contributed by atoms with E-state index in [0.717, 1.165) is 37.8 Å². The lowest BCUT2D eigenvalue weighted by atomic mass is 10.0. The maximum Gasteiger partial charge on any atom is 0.166 e. The molecule has 0 aliphatic carbocycles. The van der Waals surface area contributed by atoms with Crippen molar-refractivity contribution in [3.8, 4) is 11.5 Å². The van der Waals surface area contributed by atoms with E-state index in [1.165, 1.54) is 18.4 Å². The molecule has 2 heterocycles. The average Bonchev–Trinajstić information content (AvgIpc) is 2.95. The summed E-state index contributed by atoms with van der Waals surface area (Å²) in [4.78, 5) is 2.50. The predicted octanol–water partition coefficient (Wildman–Crippen LogP) is 2.63. The van der Waals surface area contributed by atoms with Crippen molar-refractivity contribution in [2.45, 2.75) is 25.8 Å². The van der Waals surface area contributed by atoms with Gasteiger partial charge in [0, 0.05) is 24.8 Å². The van der Waals surface area contributed by atoms with Gasteiger partial charge in [0.2, 0.25) is 0 Å². The first-order valence-corrected chi connectivity index (χ1v) is 7.60. The number of hydrogen-bond acceptors (Lipinski definition) is 4. The lowest BCUT2D eigenvalue weighted by Gasteiger charge is -2.28. The molecule has 0 spiro atoms. The molecule has 1 fully saturated rings. The number of fused-ring (bicyclic) bond motifs is 1. The summed E-state index contributed by atoms with van der Waals surface area (Å²) >= 11 is 0. The van der Waals surface area contributed by atoms with Crippen molar-refractivity contribution in [1.29, 1.82) is 0 Å². The number of hydrogen-bond donors (Lipinski definition) is 0. The molecule has 0 bridgehead atoms. The molecule has 3 rings (SSSR count). The first-order valence-electron chi connectivity index (χ1n) is 7.60. The van der Waals surface area contributed by atoms with Crippen molar-refractivity contribution >= 4 is 0 Å². The van der Waals surface area contributed by atoms with Crippen LogP contribution in [0.4, 0.5) is 0 Å². The predicted molar refractivity (Wildman–Crippen MR) is 77.5 cm³/mol. The zero-order valence-corrected chi connectivity index (χ0v) is 12.1. The van der Waals surface area contributed by atoms with Gasteiger partial charge in [-0.25, -0.2) is 0 Å². The first-order chi connectivity index (χ1) is 9.90. The van der Waals surface area contributed by atoms with Crippen molar-refractivity contribution in [3.63, 3.8) is 0 Å². The van der Waals surface area contributed by atoms with Crippen molar-refractivity contribution < 1.29 is 14.2 Å². The highest BCUT2D eigenvalue weighted by molar-refractivity contribution is 5.49. The van der Waals surface area contributed by atoms with Crippen LogP contribution in [0.15, 0.2) is 18.2 Å². The number of likely N-dealkylation sites (tertiary alicyclic amines) is 1. The fraction of sp³-hybridized carbons (Fsp3) is 0.625. The van der Waals surface area contributed by atoms with E-state index in [4.69, 9.17) is 14.2 Å². The molecule has 20 heavy (non-hydrogen) atoms. The first kappa shape index (κ1) is 13.7. The molecular formula is C16H23NO3. The molecule has 0 amide bonds. The normalized spacial score (nSPS) is 22.1. The van der Waals surface area contributed by atoms with Crippen LogP contribution in [0.2, 0.25) is 0 Å². The minimum absolute atomic E-state index is 0.437. The number of para-hydroxylation sites is 1. The van der Waals surface area contributed by atoms with Gasteiger partial charge in [-0.2, -0.15) is 0 Å². The van der Waals surface area contributed by atoms with E-state index in [1.54, 1.807) is 0 Å². The van der Waals surface area contributed by atoms with E-state index in [-0.39, 0.29) is 0 Å². The van der Waals surface area contributed by atoms with Crippen LogP contribution in [0.3, 0.4) is 0 Å². The van der Waals surface area contributed by atoms with E-state index in [2.05, 4.69) is 17.0 Å². The standard InChI is InChI=1S/C16H23NO3/c1-2-18-10-9-17-8-4-6-14(17)13-5-3-7-15-16(13)20-12-11-19-15/h3,5,7,14H,2,4,6,8-12H2,1H3/t14-/m1/s1. The maximum absolute atomic E-state index is 5.86. The molecule has 1 atom stereocenters. The third-order valence-electron chi connectivity index (χ3n) is 4.05. The summed E-state index contributed by atoms with van der Waals surface area (Å²) < 4.78 is 17.0. The van der Waals surface area contributed by atoms with Gasteiger partial charge >= 0.3 is 0 Å². The molecule has 2 aliphatic rings. The number of nitrogens with zero attached hydrogens (tertiary/aromatic N) is 1. The molecule has 110 valence electrons. The number of benzene rings is 1. The second kappa shape index (κ2) is 6.46. The molecule has 1 aromatic rings. The van der Waals surface area contributed by atoms with Gasteiger partial charge in [0.05, 0.1) is 6.61 Å². The smallest absolute Gasteiger partial charge is 0.166 e. The second-order valence-electron chi connectivity index (χ2n) is 5.26. The second-order valence-corrected chi connectivity index (χ2v) is 5.26. The Balaban J connectivity index is 1.77. The molecule has 4 nitrogen and oxygen atoms in total. The largest absolute Gasteiger partial charge is 0.486 e. The fourth-order valence-electron chi connectivity index (χ4n) is 3.13. The highest BCUT2D eigenvalue weighted by atomic mass is 16.6. The highest BCUT2D eigenvalue weighted by Crippen LogP contribution is 2.42. The Kier molecular flexibility index (Phi) is 4.43. The number of ether oxygens (including phenoxy) is 3. The summed E-state index contributed by atoms with van der Waals surface area (Å²) in [5, 5.41) is 0. The van der Waals surface area contributed by atoms with Gasteiger partial charge in [-0.05, 0) is 32.4 Å². The van der Waals surface area contributed by atoms with Crippen LogP contribution in [0.25, 0.3) is 0 Å². The fourth-order valence-corrected chi connectivity index (χ4v) is 3.13. The van der Waals surface area contributed by atoms with Gasteiger partial charge in [-0.3, -0.25) is 4.90 Å². The molecule has 0 unspecified atom stereocenters. The Morgan fingerprint density at radius 3 is 3.10 bits per heavy atom. The molecule has 0 N–H and O–H groups in total. The Morgan fingerprint density at radius 1 is 1.30 bits per heavy atom. The van der Waals surface area contributed by atoms with Crippen molar-refractivity contribution in [2.24, 2.45) is 0 Å². The van der Waals surface area contributed by atoms with Gasteiger partial charge in [-0.1, -0.05) is 12.1 Å². The summed E-state index contributed by atoms with van der Waals surface area (Å²) in [6.07, 6.45) is 2.42. The van der Waals surface area contributed by atoms with Crippen LogP contribution >= 0.6 is 0 Å². The molecule has 4 heteroatoms. The van der Waals surface area contributed by atoms with Crippen LogP contribution in [0.5, 0.6) is 11.5 Å². The summed E-state index contributed by atoms with van der Waals surface area (Å²) in [7, 11) is 0. The third-order valence-corrected chi connectivity index (χ3v) is 4.05. The Labute approximate surface area is 120 Å². The van der Waals surface area contributed by atoms with Gasteiger partial charge < -0.3 is 14.2 Å². The van der Waals surface area contributed by atoms with E-state index < -0.39 is 0 Å². The molecule has 0 aromatic heterocycles. The van der Waals surface area contributed by atoms with Crippen molar-refractivity contribution in [1.82, 2.24) is 4.90 Å². The van der Waals surface area contributed by atoms with Crippen molar-refractivity contribution in [3.05, 3.63) is 23.8 Å². The maximum atomic E-state index is 5.86. The Hall–Kier alpha value is -1.26. The van der Waals surface area contributed by atoms with E-state index in [1.807, 2.05) is 13.0 Å². The number of rotatable bonds is 5. The quantitative estimate of drug-likeness (QED) is 0.774. The van der Waals surface area contributed by atoms with Gasteiger partial charge in [0.1, 0.15) is 13.2 Å². The summed E-state index contributed by atoms with van der Waals surface area (Å²) in [5.74, 6) is 1.84. The summed E-state index contributed by atoms with van der Waals surface area (Å²) in [5.41, 5.74) is 1.27. The zero-order chi connectivity index (χ0) is 13.8. The minimum Gasteiger partial charge on any atom is -0.486 e. The molecular weight excluding hydrogens is 254 g/mol. The summed E-state index contributed by atoms with van der Waals surface area (Å²) in [6, 6.07) is 6.68. The summed E-state index contributed by atoms with van der Waals surface area (Å²) in [6.45, 7) is 7.06. The molecule has 1 saturated heterocycles. The highest BCUT2D eigenvalue weighted by Gasteiger charge is 2.30. The van der Waals surface area contributed by atoms with E-state index in [9.17, 15) is 0 Å².